The van der Waals surface area contributed by atoms with Crippen LogP contribution in [0.5, 0.6) is 0 Å². The Kier molecular flexibility index (Phi) is 6.09. The predicted molar refractivity (Wildman–Crippen MR) is 52.3 cm³/mol. The quantitative estimate of drug-likeness (QED) is 0.546. The Morgan fingerprint density at radius 2 is 1.83 bits per heavy atom. The molecule has 7 nitrogen and oxygen atoms in total. The largest absolute Gasteiger partial charge is 0.480 e. The van der Waals surface area contributed by atoms with E-state index in [-0.39, 0.29) is 4.90 Å². The van der Waals surface area contributed by atoms with E-state index in [0.29, 0.717) is 0 Å². The molecule has 0 bridgehead atoms. The lowest BCUT2D eigenvalue weighted by Crippen LogP contribution is -2.47. The van der Waals surface area contributed by atoms with Crippen molar-refractivity contribution in [2.24, 2.45) is 5.73 Å². The highest BCUT2D eigenvalue weighted by Crippen LogP contribution is 2.16. The molecule has 0 aliphatic heterocycles. The average molecular weight is 271 g/mol. The van der Waals surface area contributed by atoms with Gasteiger partial charge in [-0.1, -0.05) is 0 Å². The van der Waals surface area contributed by atoms with Crippen molar-refractivity contribution in [1.29, 1.82) is 0 Å². The zero-order valence-corrected chi connectivity index (χ0v) is 9.16. The van der Waals surface area contributed by atoms with E-state index in [9.17, 15) is 27.6 Å². The number of carbonyl (C=O) groups is 3. The molecule has 2 amide bonds. The van der Waals surface area contributed by atoms with Gasteiger partial charge in [-0.3, -0.25) is 14.4 Å². The average Bonchev–Trinajstić information content (AvgIpc) is 2.21. The molecule has 0 aliphatic rings. The predicted octanol–water partition coefficient (Wildman–Crippen LogP) is -1.46. The number of hydrogen-bond donors (Lipinski definition) is 3. The summed E-state index contributed by atoms with van der Waals surface area (Å²) in [5.41, 5.74) is 4.91. The minimum Gasteiger partial charge on any atom is -0.480 e. The van der Waals surface area contributed by atoms with E-state index >= 15 is 0 Å². The smallest absolute Gasteiger partial charge is 0.406 e. The van der Waals surface area contributed by atoms with E-state index in [0.717, 1.165) is 0 Å². The molecule has 0 rings (SSSR count). The Morgan fingerprint density at radius 1 is 1.28 bits per heavy atom. The number of hydrogen-bond acceptors (Lipinski definition) is 4. The van der Waals surface area contributed by atoms with Gasteiger partial charge in [-0.15, -0.1) is 0 Å². The van der Waals surface area contributed by atoms with Crippen molar-refractivity contribution in [3.8, 4) is 0 Å². The maximum Gasteiger partial charge on any atom is 0.406 e. The number of nitrogens with two attached hydrogens (primary N) is 1. The van der Waals surface area contributed by atoms with Crippen molar-refractivity contribution >= 4 is 17.8 Å². The number of alkyl halides is 3. The van der Waals surface area contributed by atoms with E-state index in [4.69, 9.17) is 10.8 Å². The number of nitrogens with zero attached hydrogens (tertiary/aromatic N) is 1. The first-order valence-electron chi connectivity index (χ1n) is 4.69. The molecule has 0 spiro atoms. The van der Waals surface area contributed by atoms with Crippen molar-refractivity contribution in [2.45, 2.75) is 6.18 Å². The third kappa shape index (κ3) is 7.44. The molecule has 0 aromatic rings. The number of aliphatic carboxylic acids is 1. The van der Waals surface area contributed by atoms with Gasteiger partial charge in [0, 0.05) is 0 Å². The number of amides is 2. The van der Waals surface area contributed by atoms with Gasteiger partial charge in [0.15, 0.2) is 0 Å². The molecule has 0 heterocycles. The molecule has 0 aliphatic carbocycles. The van der Waals surface area contributed by atoms with E-state index in [1.54, 1.807) is 0 Å². The summed E-state index contributed by atoms with van der Waals surface area (Å²) in [6.07, 6.45) is -4.72. The van der Waals surface area contributed by atoms with E-state index in [1.807, 2.05) is 5.32 Å². The van der Waals surface area contributed by atoms with Crippen LogP contribution in [-0.2, 0) is 14.4 Å². The number of nitrogens with one attached hydrogen (secondary N) is 1. The molecule has 0 fully saturated rings. The Balaban J connectivity index is 4.50. The number of carboxylic acids is 1. The molecule has 10 heteroatoms. The Morgan fingerprint density at radius 3 is 2.22 bits per heavy atom. The van der Waals surface area contributed by atoms with Crippen LogP contribution >= 0.6 is 0 Å². The molecule has 4 N–H and O–H groups in total. The zero-order chi connectivity index (χ0) is 14.3. The van der Waals surface area contributed by atoms with Crippen LogP contribution in [0.4, 0.5) is 13.2 Å². The first-order chi connectivity index (χ1) is 8.15. The SMILES string of the molecule is NCC(=O)NCC(=O)N(CC(=O)O)CC(F)(F)F. The second-order valence-corrected chi connectivity index (χ2v) is 3.24. The summed E-state index contributed by atoms with van der Waals surface area (Å²) in [4.78, 5) is 32.4. The van der Waals surface area contributed by atoms with E-state index in [2.05, 4.69) is 0 Å². The fourth-order valence-corrected chi connectivity index (χ4v) is 0.970. The monoisotopic (exact) mass is 271 g/mol. The standard InChI is InChI=1S/C8H12F3N3O4/c9-8(10,11)4-14(3-7(17)18)6(16)2-13-5(15)1-12/h1-4,12H2,(H,13,15)(H,17,18). The van der Waals surface area contributed by atoms with Crippen LogP contribution in [0.25, 0.3) is 0 Å². The Hall–Kier alpha value is -1.84. The Bertz CT molecular complexity index is 332. The number of rotatable bonds is 6. The summed E-state index contributed by atoms with van der Waals surface area (Å²) >= 11 is 0. The van der Waals surface area contributed by atoms with Crippen LogP contribution in [0.3, 0.4) is 0 Å². The Labute approximate surface area is 99.7 Å². The summed E-state index contributed by atoms with van der Waals surface area (Å²) in [5.74, 6) is -3.47. The van der Waals surface area contributed by atoms with E-state index < -0.39 is 50.1 Å². The van der Waals surface area contributed by atoms with Crippen molar-refractivity contribution in [2.75, 3.05) is 26.2 Å². The van der Waals surface area contributed by atoms with Crippen LogP contribution in [-0.4, -0.2) is 60.1 Å². The van der Waals surface area contributed by atoms with Crippen molar-refractivity contribution < 1.29 is 32.7 Å². The highest BCUT2D eigenvalue weighted by Gasteiger charge is 2.33. The summed E-state index contributed by atoms with van der Waals surface area (Å²) < 4.78 is 36.3. The normalized spacial score (nSPS) is 10.9. The molecule has 0 atom stereocenters. The van der Waals surface area contributed by atoms with Crippen LogP contribution in [0.1, 0.15) is 0 Å². The molecule has 0 saturated carbocycles. The van der Waals surface area contributed by atoms with Crippen LogP contribution in [0, 0.1) is 0 Å². The van der Waals surface area contributed by atoms with Gasteiger partial charge in [-0.05, 0) is 0 Å². The molecule has 0 aromatic heterocycles. The van der Waals surface area contributed by atoms with Gasteiger partial charge in [-0.25, -0.2) is 0 Å². The van der Waals surface area contributed by atoms with Gasteiger partial charge in [0.1, 0.15) is 13.1 Å². The number of halogens is 3. The first kappa shape index (κ1) is 16.2. The van der Waals surface area contributed by atoms with Crippen molar-refractivity contribution in [1.82, 2.24) is 10.2 Å². The molecule has 0 radical (unpaired) electrons. The molecular formula is C8H12F3N3O4. The van der Waals surface area contributed by atoms with Gasteiger partial charge in [0.05, 0.1) is 13.1 Å². The highest BCUT2D eigenvalue weighted by molar-refractivity contribution is 5.87. The first-order valence-corrected chi connectivity index (χ1v) is 4.69. The van der Waals surface area contributed by atoms with Crippen LogP contribution in [0.2, 0.25) is 0 Å². The lowest BCUT2D eigenvalue weighted by Gasteiger charge is -2.22. The highest BCUT2D eigenvalue weighted by atomic mass is 19.4. The zero-order valence-electron chi connectivity index (χ0n) is 9.16. The lowest BCUT2D eigenvalue weighted by atomic mass is 10.4. The molecule has 104 valence electrons. The maximum absolute atomic E-state index is 12.1. The van der Waals surface area contributed by atoms with Crippen LogP contribution < -0.4 is 11.1 Å². The summed E-state index contributed by atoms with van der Waals surface area (Å²) in [6.45, 7) is -3.96. The molecule has 18 heavy (non-hydrogen) atoms. The van der Waals surface area contributed by atoms with Crippen molar-refractivity contribution in [3.05, 3.63) is 0 Å². The van der Waals surface area contributed by atoms with Gasteiger partial charge < -0.3 is 21.1 Å². The summed E-state index contributed by atoms with van der Waals surface area (Å²) in [7, 11) is 0. The molecule has 0 unspecified atom stereocenters. The third-order valence-corrected chi connectivity index (χ3v) is 1.67. The minimum absolute atomic E-state index is 0.0825. The minimum atomic E-state index is -4.72. The fourth-order valence-electron chi connectivity index (χ4n) is 0.970. The second kappa shape index (κ2) is 6.79. The lowest BCUT2D eigenvalue weighted by molar-refractivity contribution is -0.165. The topological polar surface area (TPSA) is 113 Å². The summed E-state index contributed by atoms with van der Waals surface area (Å²) in [5, 5.41) is 10.3. The van der Waals surface area contributed by atoms with Crippen LogP contribution in [0.15, 0.2) is 0 Å². The summed E-state index contributed by atoms with van der Waals surface area (Å²) in [6, 6.07) is 0. The molecule has 0 saturated heterocycles. The third-order valence-electron chi connectivity index (χ3n) is 1.67. The second-order valence-electron chi connectivity index (χ2n) is 3.24. The number of carbonyl (C=O) groups excluding carboxylic acids is 2. The molecular weight excluding hydrogens is 259 g/mol. The van der Waals surface area contributed by atoms with Gasteiger partial charge in [-0.2, -0.15) is 13.2 Å². The van der Waals surface area contributed by atoms with E-state index in [1.165, 1.54) is 0 Å². The number of carboxylic acid groups (broad SMARTS) is 1. The fraction of sp³-hybridized carbons (Fsp3) is 0.625. The van der Waals surface area contributed by atoms with Gasteiger partial charge >= 0.3 is 12.1 Å². The van der Waals surface area contributed by atoms with Gasteiger partial charge in [0.2, 0.25) is 11.8 Å². The van der Waals surface area contributed by atoms with Gasteiger partial charge in [0.25, 0.3) is 0 Å². The molecule has 0 aromatic carbocycles. The van der Waals surface area contributed by atoms with Crippen molar-refractivity contribution in [3.63, 3.8) is 0 Å². The maximum atomic E-state index is 12.1.